The van der Waals surface area contributed by atoms with Gasteiger partial charge in [-0.2, -0.15) is 0 Å². The molecule has 0 saturated carbocycles. The predicted molar refractivity (Wildman–Crippen MR) is 62.5 cm³/mol. The van der Waals surface area contributed by atoms with Crippen LogP contribution in [0.1, 0.15) is 13.3 Å². The van der Waals surface area contributed by atoms with Gasteiger partial charge in [0.15, 0.2) is 0 Å². The molecule has 0 aliphatic heterocycles. The molecule has 2 N–H and O–H groups in total. The van der Waals surface area contributed by atoms with Gasteiger partial charge in [0.2, 0.25) is 0 Å². The number of halogens is 2. The zero-order valence-electron chi connectivity index (χ0n) is 9.71. The molecule has 0 aliphatic rings. The van der Waals surface area contributed by atoms with Crippen LogP contribution in [0.4, 0.5) is 14.5 Å². The normalized spacial score (nSPS) is 12.6. The van der Waals surface area contributed by atoms with E-state index in [1.165, 1.54) is 12.1 Å². The quantitative estimate of drug-likeness (QED) is 0.838. The van der Waals surface area contributed by atoms with E-state index in [0.29, 0.717) is 24.7 Å². The monoisotopic (exact) mass is 228 g/mol. The van der Waals surface area contributed by atoms with E-state index in [4.69, 9.17) is 5.73 Å². The minimum Gasteiger partial charge on any atom is -0.372 e. The fourth-order valence-corrected chi connectivity index (χ4v) is 1.44. The van der Waals surface area contributed by atoms with Crippen molar-refractivity contribution in [2.75, 3.05) is 25.0 Å². The molecule has 1 aromatic carbocycles. The lowest BCUT2D eigenvalue weighted by Crippen LogP contribution is -2.23. The lowest BCUT2D eigenvalue weighted by atomic mass is 10.1. The highest BCUT2D eigenvalue weighted by molar-refractivity contribution is 5.46. The van der Waals surface area contributed by atoms with Crippen LogP contribution in [0.3, 0.4) is 0 Å². The number of nitrogens with zero attached hydrogens (tertiary/aromatic N) is 1. The Morgan fingerprint density at radius 3 is 2.62 bits per heavy atom. The van der Waals surface area contributed by atoms with Crippen LogP contribution < -0.4 is 10.6 Å². The molecule has 0 aliphatic carbocycles. The Morgan fingerprint density at radius 1 is 1.38 bits per heavy atom. The maximum Gasteiger partial charge on any atom is 0.149 e. The van der Waals surface area contributed by atoms with Gasteiger partial charge in [-0.15, -0.1) is 0 Å². The van der Waals surface area contributed by atoms with Crippen molar-refractivity contribution in [1.29, 1.82) is 0 Å². The Balaban J connectivity index is 2.62. The molecular weight excluding hydrogens is 210 g/mol. The second-order valence-electron chi connectivity index (χ2n) is 4.15. The maximum absolute atomic E-state index is 13.4. The molecule has 0 amide bonds. The van der Waals surface area contributed by atoms with Gasteiger partial charge in [-0.05, 0) is 31.0 Å². The number of nitrogens with two attached hydrogens (primary N) is 1. The predicted octanol–water partition coefficient (Wildman–Crippen LogP) is 2.39. The van der Waals surface area contributed by atoms with E-state index in [1.807, 2.05) is 0 Å². The van der Waals surface area contributed by atoms with Gasteiger partial charge in [-0.3, -0.25) is 0 Å². The topological polar surface area (TPSA) is 29.3 Å². The molecular formula is C12H18F2N2. The van der Waals surface area contributed by atoms with Crippen LogP contribution in [-0.2, 0) is 0 Å². The first kappa shape index (κ1) is 12.9. The molecule has 0 radical (unpaired) electrons. The third kappa shape index (κ3) is 3.45. The molecule has 0 fully saturated rings. The van der Waals surface area contributed by atoms with Crippen LogP contribution >= 0.6 is 0 Å². The fourth-order valence-electron chi connectivity index (χ4n) is 1.44. The van der Waals surface area contributed by atoms with E-state index in [0.717, 1.165) is 12.5 Å². The largest absolute Gasteiger partial charge is 0.372 e. The van der Waals surface area contributed by atoms with E-state index in [2.05, 4.69) is 6.92 Å². The molecule has 0 aromatic heterocycles. The van der Waals surface area contributed by atoms with Crippen LogP contribution in [0.25, 0.3) is 0 Å². The Hall–Kier alpha value is -1.16. The second-order valence-corrected chi connectivity index (χ2v) is 4.15. The van der Waals surface area contributed by atoms with Crippen LogP contribution in [0, 0.1) is 17.6 Å². The van der Waals surface area contributed by atoms with Gasteiger partial charge in [-0.1, -0.05) is 6.92 Å². The summed E-state index contributed by atoms with van der Waals surface area (Å²) in [5.41, 5.74) is 5.93. The number of anilines is 1. The molecule has 4 heteroatoms. The van der Waals surface area contributed by atoms with Crippen LogP contribution in [0.2, 0.25) is 0 Å². The zero-order valence-corrected chi connectivity index (χ0v) is 9.71. The first-order chi connectivity index (χ1) is 7.54. The highest BCUT2D eigenvalue weighted by Crippen LogP contribution is 2.19. The van der Waals surface area contributed by atoms with Crippen LogP contribution in [-0.4, -0.2) is 20.1 Å². The van der Waals surface area contributed by atoms with Crippen molar-refractivity contribution in [3.05, 3.63) is 29.8 Å². The van der Waals surface area contributed by atoms with Gasteiger partial charge >= 0.3 is 0 Å². The summed E-state index contributed by atoms with van der Waals surface area (Å²) >= 11 is 0. The van der Waals surface area contributed by atoms with Crippen LogP contribution in [0.5, 0.6) is 0 Å². The Bertz CT molecular complexity index is 342. The molecule has 90 valence electrons. The number of benzene rings is 1. The Morgan fingerprint density at radius 2 is 2.06 bits per heavy atom. The van der Waals surface area contributed by atoms with E-state index in [-0.39, 0.29) is 0 Å². The molecule has 0 spiro atoms. The van der Waals surface area contributed by atoms with E-state index >= 15 is 0 Å². The van der Waals surface area contributed by atoms with E-state index in [1.54, 1.807) is 11.9 Å². The molecule has 1 aromatic rings. The van der Waals surface area contributed by atoms with Crippen molar-refractivity contribution in [2.45, 2.75) is 13.3 Å². The standard InChI is InChI=1S/C12H18F2N2/c1-9(8-15)5-6-16(2)12-4-3-10(13)7-11(12)14/h3-4,7,9H,5-6,8,15H2,1-2H3. The van der Waals surface area contributed by atoms with Gasteiger partial charge in [0.1, 0.15) is 11.6 Å². The second kappa shape index (κ2) is 5.80. The molecule has 16 heavy (non-hydrogen) atoms. The summed E-state index contributed by atoms with van der Waals surface area (Å²) in [5, 5.41) is 0. The van der Waals surface area contributed by atoms with Crippen LogP contribution in [0.15, 0.2) is 18.2 Å². The summed E-state index contributed by atoms with van der Waals surface area (Å²) in [6, 6.07) is 3.62. The third-order valence-corrected chi connectivity index (χ3v) is 2.68. The van der Waals surface area contributed by atoms with Gasteiger partial charge in [0.25, 0.3) is 0 Å². The summed E-state index contributed by atoms with van der Waals surface area (Å²) in [5.74, 6) is -0.668. The molecule has 2 nitrogen and oxygen atoms in total. The Kier molecular flexibility index (Phi) is 4.68. The van der Waals surface area contributed by atoms with E-state index in [9.17, 15) is 8.78 Å². The number of rotatable bonds is 5. The van der Waals surface area contributed by atoms with E-state index < -0.39 is 11.6 Å². The van der Waals surface area contributed by atoms with Crippen molar-refractivity contribution >= 4 is 5.69 Å². The average molecular weight is 228 g/mol. The lowest BCUT2D eigenvalue weighted by Gasteiger charge is -2.21. The molecule has 0 saturated heterocycles. The van der Waals surface area contributed by atoms with Crippen molar-refractivity contribution in [3.8, 4) is 0 Å². The maximum atomic E-state index is 13.4. The number of hydrogen-bond donors (Lipinski definition) is 1. The summed E-state index contributed by atoms with van der Waals surface area (Å²) in [6.07, 6.45) is 0.893. The van der Waals surface area contributed by atoms with Crippen molar-refractivity contribution < 1.29 is 8.78 Å². The highest BCUT2D eigenvalue weighted by atomic mass is 19.1. The van der Waals surface area contributed by atoms with Crippen molar-refractivity contribution in [3.63, 3.8) is 0 Å². The Labute approximate surface area is 95.1 Å². The molecule has 1 rings (SSSR count). The summed E-state index contributed by atoms with van der Waals surface area (Å²) in [6.45, 7) is 3.38. The van der Waals surface area contributed by atoms with Crippen molar-refractivity contribution in [1.82, 2.24) is 0 Å². The van der Waals surface area contributed by atoms with Crippen molar-refractivity contribution in [2.24, 2.45) is 11.7 Å². The molecule has 1 atom stereocenters. The third-order valence-electron chi connectivity index (χ3n) is 2.68. The highest BCUT2D eigenvalue weighted by Gasteiger charge is 2.09. The van der Waals surface area contributed by atoms with Gasteiger partial charge in [-0.25, -0.2) is 8.78 Å². The first-order valence-corrected chi connectivity index (χ1v) is 5.41. The van der Waals surface area contributed by atoms with Gasteiger partial charge in [0, 0.05) is 19.7 Å². The summed E-state index contributed by atoms with van der Waals surface area (Å²) in [7, 11) is 1.79. The fraction of sp³-hybridized carbons (Fsp3) is 0.500. The zero-order chi connectivity index (χ0) is 12.1. The molecule has 1 unspecified atom stereocenters. The summed E-state index contributed by atoms with van der Waals surface area (Å²) < 4.78 is 26.1. The minimum atomic E-state index is -0.551. The first-order valence-electron chi connectivity index (χ1n) is 5.41. The number of hydrogen-bond acceptors (Lipinski definition) is 2. The van der Waals surface area contributed by atoms with Gasteiger partial charge < -0.3 is 10.6 Å². The summed E-state index contributed by atoms with van der Waals surface area (Å²) in [4.78, 5) is 1.78. The SMILES string of the molecule is CC(CN)CCN(C)c1ccc(F)cc1F. The minimum absolute atomic E-state index is 0.408. The average Bonchev–Trinajstić information content (AvgIpc) is 2.25. The molecule has 0 bridgehead atoms. The smallest absolute Gasteiger partial charge is 0.149 e. The lowest BCUT2D eigenvalue weighted by molar-refractivity contribution is 0.538. The molecule has 0 heterocycles. The van der Waals surface area contributed by atoms with Gasteiger partial charge in [0.05, 0.1) is 5.69 Å².